The lowest BCUT2D eigenvalue weighted by molar-refractivity contribution is -0.126. The van der Waals surface area contributed by atoms with Gasteiger partial charge in [-0.3, -0.25) is 4.79 Å². The number of rotatable bonds is 7. The number of carbonyl (C=O) groups excluding carboxylic acids is 1. The van der Waals surface area contributed by atoms with Crippen molar-refractivity contribution in [1.29, 1.82) is 0 Å². The molecule has 0 aliphatic heterocycles. The molecule has 0 radical (unpaired) electrons. The summed E-state index contributed by atoms with van der Waals surface area (Å²) in [4.78, 5) is 17.1. The highest BCUT2D eigenvalue weighted by Crippen LogP contribution is 2.32. The van der Waals surface area contributed by atoms with E-state index >= 15 is 0 Å². The Balaban J connectivity index is 1.80. The Morgan fingerprint density at radius 3 is 2.52 bits per heavy atom. The Morgan fingerprint density at radius 1 is 1.19 bits per heavy atom. The first kappa shape index (κ1) is 19.2. The van der Waals surface area contributed by atoms with Gasteiger partial charge in [-0.15, -0.1) is 0 Å². The van der Waals surface area contributed by atoms with Crippen LogP contribution in [0.2, 0.25) is 0 Å². The molecule has 7 heteroatoms. The first-order valence-electron chi connectivity index (χ1n) is 9.39. The van der Waals surface area contributed by atoms with E-state index in [-0.39, 0.29) is 23.8 Å². The molecule has 0 unspecified atom stereocenters. The van der Waals surface area contributed by atoms with Gasteiger partial charge in [0.2, 0.25) is 17.6 Å². The van der Waals surface area contributed by atoms with E-state index in [2.05, 4.69) is 15.5 Å². The predicted molar refractivity (Wildman–Crippen MR) is 101 cm³/mol. The normalized spacial score (nSPS) is 15.7. The van der Waals surface area contributed by atoms with E-state index in [0.717, 1.165) is 31.2 Å². The number of nitrogens with zero attached hydrogens (tertiary/aromatic N) is 2. The molecule has 0 saturated heterocycles. The molecular formula is C20H27N3O4. The van der Waals surface area contributed by atoms with Gasteiger partial charge >= 0.3 is 0 Å². The second kappa shape index (κ2) is 8.41. The summed E-state index contributed by atoms with van der Waals surface area (Å²) in [5.41, 5.74) is 0.757. The van der Waals surface area contributed by atoms with Crippen molar-refractivity contribution in [3.8, 4) is 22.9 Å². The summed E-state index contributed by atoms with van der Waals surface area (Å²) in [7, 11) is 3.17. The van der Waals surface area contributed by atoms with Crippen LogP contribution in [0.15, 0.2) is 22.7 Å². The van der Waals surface area contributed by atoms with Crippen molar-refractivity contribution in [2.45, 2.75) is 45.6 Å². The maximum atomic E-state index is 12.5. The van der Waals surface area contributed by atoms with Crippen LogP contribution >= 0.6 is 0 Å². The summed E-state index contributed by atoms with van der Waals surface area (Å²) < 4.78 is 16.1. The lowest BCUT2D eigenvalue weighted by atomic mass is 10.0. The summed E-state index contributed by atoms with van der Waals surface area (Å²) in [6.45, 7) is 4.06. The Bertz CT molecular complexity index is 781. The largest absolute Gasteiger partial charge is 0.493 e. The Morgan fingerprint density at radius 2 is 1.89 bits per heavy atom. The minimum absolute atomic E-state index is 0.0806. The molecule has 1 aliphatic rings. The average molecular weight is 373 g/mol. The van der Waals surface area contributed by atoms with E-state index in [9.17, 15) is 4.79 Å². The molecule has 1 saturated carbocycles. The van der Waals surface area contributed by atoms with Crippen LogP contribution in [0.25, 0.3) is 11.4 Å². The van der Waals surface area contributed by atoms with Gasteiger partial charge in [-0.1, -0.05) is 31.8 Å². The van der Waals surface area contributed by atoms with Crippen molar-refractivity contribution in [3.05, 3.63) is 24.1 Å². The molecular weight excluding hydrogens is 346 g/mol. The summed E-state index contributed by atoms with van der Waals surface area (Å²) in [5, 5.41) is 7.19. The number of methoxy groups -OCH3 is 2. The molecule has 7 nitrogen and oxygen atoms in total. The quantitative estimate of drug-likeness (QED) is 0.795. The fraction of sp³-hybridized carbons (Fsp3) is 0.550. The molecule has 1 aromatic heterocycles. The van der Waals surface area contributed by atoms with Crippen LogP contribution in [0.4, 0.5) is 0 Å². The van der Waals surface area contributed by atoms with E-state index in [1.165, 1.54) is 0 Å². The van der Waals surface area contributed by atoms with E-state index in [4.69, 9.17) is 14.0 Å². The molecule has 1 atom stereocenters. The molecule has 2 aromatic rings. The topological polar surface area (TPSA) is 86.5 Å². The number of aromatic nitrogens is 2. The second-order valence-electron chi connectivity index (χ2n) is 7.24. The third-order valence-corrected chi connectivity index (χ3v) is 5.04. The number of benzene rings is 1. The molecule has 27 heavy (non-hydrogen) atoms. The zero-order valence-corrected chi connectivity index (χ0v) is 16.3. The third kappa shape index (κ3) is 4.23. The zero-order chi connectivity index (χ0) is 19.4. The molecule has 1 heterocycles. The van der Waals surface area contributed by atoms with Gasteiger partial charge < -0.3 is 19.3 Å². The Labute approximate surface area is 159 Å². The molecule has 1 fully saturated rings. The third-order valence-electron chi connectivity index (χ3n) is 5.04. The van der Waals surface area contributed by atoms with Crippen molar-refractivity contribution in [2.75, 3.05) is 14.2 Å². The minimum Gasteiger partial charge on any atom is -0.493 e. The fourth-order valence-electron chi connectivity index (χ4n) is 3.43. The Kier molecular flexibility index (Phi) is 5.98. The second-order valence-corrected chi connectivity index (χ2v) is 7.24. The highest BCUT2D eigenvalue weighted by Gasteiger charge is 2.29. The standard InChI is InChI=1S/C20H27N3O4/c1-12(2)17(21-19(24)13-7-5-6-8-13)20-22-18(23-27-20)14-9-10-15(25-3)16(11-14)26-4/h9-13,17H,5-8H2,1-4H3,(H,21,24)/t17-/m1/s1. The van der Waals surface area contributed by atoms with Crippen LogP contribution in [-0.2, 0) is 4.79 Å². The number of hydrogen-bond acceptors (Lipinski definition) is 6. The van der Waals surface area contributed by atoms with Gasteiger partial charge in [-0.25, -0.2) is 0 Å². The zero-order valence-electron chi connectivity index (χ0n) is 16.3. The SMILES string of the molecule is COc1ccc(-c2noc([C@H](NC(=O)C3CCCC3)C(C)C)n2)cc1OC. The number of hydrogen-bond donors (Lipinski definition) is 1. The lowest BCUT2D eigenvalue weighted by Gasteiger charge is -2.20. The van der Waals surface area contributed by atoms with Crippen molar-refractivity contribution in [2.24, 2.45) is 11.8 Å². The van der Waals surface area contributed by atoms with E-state index in [1.54, 1.807) is 26.4 Å². The number of ether oxygens (including phenoxy) is 2. The molecule has 3 rings (SSSR count). The van der Waals surface area contributed by atoms with Crippen molar-refractivity contribution >= 4 is 5.91 Å². The van der Waals surface area contributed by atoms with Gasteiger partial charge in [0.15, 0.2) is 11.5 Å². The molecule has 1 amide bonds. The summed E-state index contributed by atoms with van der Waals surface area (Å²) in [5.74, 6) is 2.41. The lowest BCUT2D eigenvalue weighted by Crippen LogP contribution is -2.35. The molecule has 1 N–H and O–H groups in total. The molecule has 146 valence electrons. The van der Waals surface area contributed by atoms with Crippen molar-refractivity contribution in [3.63, 3.8) is 0 Å². The van der Waals surface area contributed by atoms with Gasteiger partial charge in [0, 0.05) is 11.5 Å². The highest BCUT2D eigenvalue weighted by molar-refractivity contribution is 5.79. The van der Waals surface area contributed by atoms with Gasteiger partial charge in [0.25, 0.3) is 0 Å². The molecule has 1 aliphatic carbocycles. The van der Waals surface area contributed by atoms with Gasteiger partial charge in [0.1, 0.15) is 6.04 Å². The summed E-state index contributed by atoms with van der Waals surface area (Å²) in [6.07, 6.45) is 4.15. The molecule has 0 spiro atoms. The first-order chi connectivity index (χ1) is 13.0. The molecule has 1 aromatic carbocycles. The smallest absolute Gasteiger partial charge is 0.249 e. The monoisotopic (exact) mass is 373 g/mol. The van der Waals surface area contributed by atoms with Gasteiger partial charge in [-0.05, 0) is 37.0 Å². The van der Waals surface area contributed by atoms with Crippen LogP contribution < -0.4 is 14.8 Å². The van der Waals surface area contributed by atoms with Crippen LogP contribution in [0.5, 0.6) is 11.5 Å². The number of nitrogens with one attached hydrogen (secondary N) is 1. The van der Waals surface area contributed by atoms with Crippen molar-refractivity contribution in [1.82, 2.24) is 15.5 Å². The average Bonchev–Trinajstić information content (AvgIpc) is 3.37. The maximum Gasteiger partial charge on any atom is 0.249 e. The van der Waals surface area contributed by atoms with Crippen LogP contribution in [0.1, 0.15) is 51.5 Å². The van der Waals surface area contributed by atoms with E-state index in [0.29, 0.717) is 23.2 Å². The van der Waals surface area contributed by atoms with E-state index in [1.807, 2.05) is 19.9 Å². The highest BCUT2D eigenvalue weighted by atomic mass is 16.5. The van der Waals surface area contributed by atoms with Crippen LogP contribution in [0.3, 0.4) is 0 Å². The van der Waals surface area contributed by atoms with E-state index < -0.39 is 0 Å². The molecule has 0 bridgehead atoms. The van der Waals surface area contributed by atoms with Crippen LogP contribution in [-0.4, -0.2) is 30.3 Å². The van der Waals surface area contributed by atoms with Gasteiger partial charge in [0.05, 0.1) is 14.2 Å². The predicted octanol–water partition coefficient (Wildman–Crippen LogP) is 3.76. The van der Waals surface area contributed by atoms with Gasteiger partial charge in [-0.2, -0.15) is 4.98 Å². The Hall–Kier alpha value is -2.57. The fourth-order valence-corrected chi connectivity index (χ4v) is 3.43. The number of amides is 1. The number of carbonyl (C=O) groups is 1. The summed E-state index contributed by atoms with van der Waals surface area (Å²) in [6, 6.07) is 5.14. The minimum atomic E-state index is -0.306. The van der Waals surface area contributed by atoms with Crippen LogP contribution in [0, 0.1) is 11.8 Å². The van der Waals surface area contributed by atoms with Crippen molar-refractivity contribution < 1.29 is 18.8 Å². The summed E-state index contributed by atoms with van der Waals surface area (Å²) >= 11 is 0. The maximum absolute atomic E-state index is 12.5. The first-order valence-corrected chi connectivity index (χ1v) is 9.39.